The SMILES string of the molecule is CC(C)(C)C(=O)C1=C(O)C(=O)N(Cc2ccccn2)C1c1ccccn1. The number of hydrogen-bond donors (Lipinski definition) is 1. The molecule has 0 radical (unpaired) electrons. The Bertz CT molecular complexity index is 855. The van der Waals surface area contributed by atoms with Gasteiger partial charge in [-0.05, 0) is 24.3 Å². The molecule has 3 heterocycles. The predicted octanol–water partition coefficient (Wildman–Crippen LogP) is 2.99. The van der Waals surface area contributed by atoms with Crippen molar-refractivity contribution in [2.75, 3.05) is 0 Å². The lowest BCUT2D eigenvalue weighted by Crippen LogP contribution is -2.33. The number of hydrogen-bond acceptors (Lipinski definition) is 5. The number of Topliss-reactive ketones (excluding diaryl/α,β-unsaturated/α-hetero) is 1. The summed E-state index contributed by atoms with van der Waals surface area (Å²) in [6.07, 6.45) is 3.24. The molecule has 0 fully saturated rings. The third-order valence-corrected chi connectivity index (χ3v) is 4.26. The van der Waals surface area contributed by atoms with Crippen molar-refractivity contribution in [3.8, 4) is 0 Å². The van der Waals surface area contributed by atoms with Gasteiger partial charge >= 0.3 is 0 Å². The van der Waals surface area contributed by atoms with Gasteiger partial charge in [0, 0.05) is 17.8 Å². The highest BCUT2D eigenvalue weighted by molar-refractivity contribution is 6.10. The zero-order valence-corrected chi connectivity index (χ0v) is 15.0. The maximum Gasteiger partial charge on any atom is 0.290 e. The number of nitrogens with zero attached hydrogens (tertiary/aromatic N) is 3. The van der Waals surface area contributed by atoms with Gasteiger partial charge in [-0.2, -0.15) is 0 Å². The highest BCUT2D eigenvalue weighted by atomic mass is 16.3. The van der Waals surface area contributed by atoms with Gasteiger partial charge < -0.3 is 10.0 Å². The molecule has 0 aliphatic carbocycles. The first-order chi connectivity index (χ1) is 12.3. The van der Waals surface area contributed by atoms with Crippen LogP contribution < -0.4 is 0 Å². The molecular formula is C20H21N3O3. The number of aliphatic hydroxyl groups is 1. The topological polar surface area (TPSA) is 83.4 Å². The second-order valence-corrected chi connectivity index (χ2v) is 7.25. The summed E-state index contributed by atoms with van der Waals surface area (Å²) in [5.74, 6) is -1.36. The Morgan fingerprint density at radius 1 is 1.12 bits per heavy atom. The Morgan fingerprint density at radius 3 is 2.31 bits per heavy atom. The van der Waals surface area contributed by atoms with Gasteiger partial charge in [0.05, 0.1) is 23.5 Å². The molecule has 6 nitrogen and oxygen atoms in total. The molecule has 1 N–H and O–H groups in total. The van der Waals surface area contributed by atoms with E-state index in [1.807, 2.05) is 6.07 Å². The molecule has 3 rings (SSSR count). The van der Waals surface area contributed by atoms with Gasteiger partial charge in [0.1, 0.15) is 6.04 Å². The molecule has 1 atom stereocenters. The lowest BCUT2D eigenvalue weighted by atomic mass is 9.83. The third-order valence-electron chi connectivity index (χ3n) is 4.26. The summed E-state index contributed by atoms with van der Waals surface area (Å²) in [4.78, 5) is 35.7. The van der Waals surface area contributed by atoms with E-state index in [9.17, 15) is 14.7 Å². The van der Waals surface area contributed by atoms with Crippen molar-refractivity contribution in [1.29, 1.82) is 0 Å². The summed E-state index contributed by atoms with van der Waals surface area (Å²) in [5.41, 5.74) is 0.557. The van der Waals surface area contributed by atoms with Gasteiger partial charge in [0.15, 0.2) is 11.5 Å². The minimum absolute atomic E-state index is 0.0946. The van der Waals surface area contributed by atoms with Crippen LogP contribution in [-0.2, 0) is 16.1 Å². The third kappa shape index (κ3) is 3.22. The van der Waals surface area contributed by atoms with Crippen molar-refractivity contribution < 1.29 is 14.7 Å². The van der Waals surface area contributed by atoms with E-state index >= 15 is 0 Å². The molecule has 0 bridgehead atoms. The molecule has 1 aliphatic heterocycles. The number of aliphatic hydroxyl groups excluding tert-OH is 1. The quantitative estimate of drug-likeness (QED) is 0.915. The molecule has 2 aromatic heterocycles. The van der Waals surface area contributed by atoms with Crippen molar-refractivity contribution in [3.05, 3.63) is 71.5 Å². The molecule has 1 unspecified atom stereocenters. The zero-order valence-electron chi connectivity index (χ0n) is 15.0. The molecule has 2 aromatic rings. The standard InChI is InChI=1S/C20H21N3O3/c1-20(2,3)18(25)15-16(14-9-5-7-11-22-14)23(19(26)17(15)24)12-13-8-4-6-10-21-13/h4-11,16,24H,12H2,1-3H3. The van der Waals surface area contributed by atoms with Crippen LogP contribution in [0, 0.1) is 5.41 Å². The van der Waals surface area contributed by atoms with Crippen LogP contribution in [0.1, 0.15) is 38.2 Å². The molecule has 0 saturated carbocycles. The van der Waals surface area contributed by atoms with Gasteiger partial charge in [0.25, 0.3) is 5.91 Å². The van der Waals surface area contributed by atoms with Crippen molar-refractivity contribution in [3.63, 3.8) is 0 Å². The fraction of sp³-hybridized carbons (Fsp3) is 0.300. The average molecular weight is 351 g/mol. The Morgan fingerprint density at radius 2 is 1.77 bits per heavy atom. The molecule has 1 amide bonds. The van der Waals surface area contributed by atoms with Gasteiger partial charge in [-0.15, -0.1) is 0 Å². The number of carbonyl (C=O) groups excluding carboxylic acids is 2. The summed E-state index contributed by atoms with van der Waals surface area (Å²) >= 11 is 0. The Balaban J connectivity index is 2.08. The Labute approximate surface area is 152 Å². The maximum absolute atomic E-state index is 13.0. The van der Waals surface area contributed by atoms with E-state index in [2.05, 4.69) is 9.97 Å². The number of pyridine rings is 2. The monoisotopic (exact) mass is 351 g/mol. The number of ketones is 1. The molecular weight excluding hydrogens is 330 g/mol. The van der Waals surface area contributed by atoms with Crippen molar-refractivity contribution >= 4 is 11.7 Å². The smallest absolute Gasteiger partial charge is 0.290 e. The van der Waals surface area contributed by atoms with Crippen LogP contribution in [0.5, 0.6) is 0 Å². The normalized spacial score (nSPS) is 17.7. The van der Waals surface area contributed by atoms with E-state index in [4.69, 9.17) is 0 Å². The van der Waals surface area contributed by atoms with Crippen LogP contribution in [0.3, 0.4) is 0 Å². The molecule has 26 heavy (non-hydrogen) atoms. The first-order valence-electron chi connectivity index (χ1n) is 8.40. The first-order valence-corrected chi connectivity index (χ1v) is 8.40. The van der Waals surface area contributed by atoms with Gasteiger partial charge in [0.2, 0.25) is 0 Å². The average Bonchev–Trinajstić information content (AvgIpc) is 2.87. The lowest BCUT2D eigenvalue weighted by Gasteiger charge is -2.27. The molecule has 0 spiro atoms. The van der Waals surface area contributed by atoms with Crippen molar-refractivity contribution in [2.24, 2.45) is 5.41 Å². The van der Waals surface area contributed by atoms with E-state index in [1.54, 1.807) is 63.5 Å². The van der Waals surface area contributed by atoms with Crippen LogP contribution in [0.4, 0.5) is 0 Å². The summed E-state index contributed by atoms with van der Waals surface area (Å²) in [7, 11) is 0. The number of amides is 1. The number of rotatable bonds is 4. The molecule has 6 heteroatoms. The van der Waals surface area contributed by atoms with Crippen LogP contribution >= 0.6 is 0 Å². The van der Waals surface area contributed by atoms with E-state index in [1.165, 1.54) is 4.90 Å². The van der Waals surface area contributed by atoms with Crippen LogP contribution in [0.15, 0.2) is 60.1 Å². The Kier molecular flexibility index (Phi) is 4.59. The van der Waals surface area contributed by atoms with Crippen LogP contribution in [-0.4, -0.2) is 31.7 Å². The summed E-state index contributed by atoms with van der Waals surface area (Å²) in [6, 6.07) is 9.97. The van der Waals surface area contributed by atoms with E-state index in [0.717, 1.165) is 0 Å². The minimum atomic E-state index is -0.738. The first kappa shape index (κ1) is 17.8. The maximum atomic E-state index is 13.0. The highest BCUT2D eigenvalue weighted by Crippen LogP contribution is 2.40. The largest absolute Gasteiger partial charge is 0.503 e. The van der Waals surface area contributed by atoms with E-state index in [0.29, 0.717) is 11.4 Å². The minimum Gasteiger partial charge on any atom is -0.503 e. The highest BCUT2D eigenvalue weighted by Gasteiger charge is 2.46. The van der Waals surface area contributed by atoms with Crippen molar-refractivity contribution in [1.82, 2.24) is 14.9 Å². The fourth-order valence-electron chi connectivity index (χ4n) is 2.96. The molecule has 1 aliphatic rings. The second kappa shape index (κ2) is 6.71. The number of aromatic nitrogens is 2. The second-order valence-electron chi connectivity index (χ2n) is 7.25. The molecule has 134 valence electrons. The number of carbonyl (C=O) groups is 2. The van der Waals surface area contributed by atoms with Crippen LogP contribution in [0.2, 0.25) is 0 Å². The lowest BCUT2D eigenvalue weighted by molar-refractivity contribution is -0.130. The van der Waals surface area contributed by atoms with E-state index in [-0.39, 0.29) is 17.9 Å². The summed E-state index contributed by atoms with van der Waals surface area (Å²) in [5, 5.41) is 10.5. The fourth-order valence-corrected chi connectivity index (χ4v) is 2.96. The summed E-state index contributed by atoms with van der Waals surface area (Å²) < 4.78 is 0. The molecule has 0 aromatic carbocycles. The van der Waals surface area contributed by atoms with E-state index < -0.39 is 23.1 Å². The van der Waals surface area contributed by atoms with Crippen LogP contribution in [0.25, 0.3) is 0 Å². The van der Waals surface area contributed by atoms with Gasteiger partial charge in [-0.3, -0.25) is 19.6 Å². The summed E-state index contributed by atoms with van der Waals surface area (Å²) in [6.45, 7) is 5.46. The molecule has 0 saturated heterocycles. The zero-order chi connectivity index (χ0) is 18.9. The Hall–Kier alpha value is -3.02. The van der Waals surface area contributed by atoms with Gasteiger partial charge in [-0.25, -0.2) is 0 Å². The van der Waals surface area contributed by atoms with Crippen molar-refractivity contribution in [2.45, 2.75) is 33.4 Å². The predicted molar refractivity (Wildman–Crippen MR) is 95.9 cm³/mol. The van der Waals surface area contributed by atoms with Gasteiger partial charge in [-0.1, -0.05) is 32.9 Å².